The van der Waals surface area contributed by atoms with E-state index in [0.29, 0.717) is 18.0 Å². The van der Waals surface area contributed by atoms with Gasteiger partial charge in [0.1, 0.15) is 0 Å². The fourth-order valence-electron chi connectivity index (χ4n) is 1.62. The molecule has 0 radical (unpaired) electrons. The molecule has 2 aromatic rings. The van der Waals surface area contributed by atoms with E-state index in [1.807, 2.05) is 19.1 Å². The first-order chi connectivity index (χ1) is 9.10. The summed E-state index contributed by atoms with van der Waals surface area (Å²) in [5.74, 6) is 0.439. The van der Waals surface area contributed by atoms with Crippen LogP contribution in [-0.4, -0.2) is 26.1 Å². The number of aromatic nitrogens is 4. The molecule has 0 saturated carbocycles. The summed E-state index contributed by atoms with van der Waals surface area (Å²) in [6.07, 6.45) is 0. The molecule has 0 aliphatic heterocycles. The number of carbonyl (C=O) groups excluding carboxylic acids is 1. The van der Waals surface area contributed by atoms with Crippen LogP contribution < -0.4 is 5.32 Å². The van der Waals surface area contributed by atoms with E-state index in [2.05, 4.69) is 34.6 Å². The highest BCUT2D eigenvalue weighted by Gasteiger charge is 2.10. The first kappa shape index (κ1) is 13.2. The van der Waals surface area contributed by atoms with Crippen molar-refractivity contribution in [3.63, 3.8) is 0 Å². The van der Waals surface area contributed by atoms with Crippen LogP contribution in [0.25, 0.3) is 0 Å². The third kappa shape index (κ3) is 3.15. The van der Waals surface area contributed by atoms with E-state index in [4.69, 9.17) is 0 Å². The summed E-state index contributed by atoms with van der Waals surface area (Å²) in [6, 6.07) is 7.51. The van der Waals surface area contributed by atoms with E-state index in [0.717, 1.165) is 0 Å². The molecule has 1 aromatic heterocycles. The van der Waals surface area contributed by atoms with Crippen molar-refractivity contribution in [1.82, 2.24) is 20.2 Å². The van der Waals surface area contributed by atoms with Crippen molar-refractivity contribution in [2.24, 2.45) is 0 Å². The lowest BCUT2D eigenvalue weighted by atomic mass is 10.0. The summed E-state index contributed by atoms with van der Waals surface area (Å²) in [6.45, 7) is 6.74. The van der Waals surface area contributed by atoms with Crippen LogP contribution >= 0.6 is 0 Å². The minimum atomic E-state index is -0.231. The number of rotatable bonds is 4. The van der Waals surface area contributed by atoms with Crippen LogP contribution in [-0.2, 0) is 6.54 Å². The first-order valence-corrected chi connectivity index (χ1v) is 6.29. The maximum absolute atomic E-state index is 12.0. The van der Waals surface area contributed by atoms with E-state index < -0.39 is 0 Å². The highest BCUT2D eigenvalue weighted by Crippen LogP contribution is 2.15. The van der Waals surface area contributed by atoms with Gasteiger partial charge in [-0.3, -0.25) is 10.1 Å². The summed E-state index contributed by atoms with van der Waals surface area (Å²) in [4.78, 5) is 13.4. The molecule has 100 valence electrons. The van der Waals surface area contributed by atoms with Gasteiger partial charge in [-0.05, 0) is 35.8 Å². The Morgan fingerprint density at radius 3 is 2.53 bits per heavy atom. The maximum atomic E-state index is 12.0. The summed E-state index contributed by atoms with van der Waals surface area (Å²) >= 11 is 0. The number of amides is 1. The predicted molar refractivity (Wildman–Crippen MR) is 72.0 cm³/mol. The van der Waals surface area contributed by atoms with Gasteiger partial charge in [-0.1, -0.05) is 31.1 Å². The second-order valence-electron chi connectivity index (χ2n) is 4.53. The number of hydrogen-bond acceptors (Lipinski definition) is 4. The van der Waals surface area contributed by atoms with Crippen molar-refractivity contribution in [1.29, 1.82) is 0 Å². The smallest absolute Gasteiger partial charge is 0.270 e. The standard InChI is InChI=1S/C13H17N5O/c1-4-18-16-13(15-17-18)14-12(19)11-7-5-10(6-8-11)9(2)3/h5-9H,4H2,1-3H3,(H,14,16,19). The summed E-state index contributed by atoms with van der Waals surface area (Å²) in [5.41, 5.74) is 1.78. The molecule has 2 rings (SSSR count). The molecule has 0 saturated heterocycles. The molecule has 6 heteroatoms. The molecule has 1 N–H and O–H groups in total. The zero-order chi connectivity index (χ0) is 13.8. The molecule has 0 unspecified atom stereocenters. The molecule has 0 spiro atoms. The SMILES string of the molecule is CCn1nnc(NC(=O)c2ccc(C(C)C)cc2)n1. The lowest BCUT2D eigenvalue weighted by Crippen LogP contribution is -2.13. The van der Waals surface area contributed by atoms with Crippen LogP contribution in [0.4, 0.5) is 5.95 Å². The van der Waals surface area contributed by atoms with Gasteiger partial charge in [0.05, 0.1) is 6.54 Å². The van der Waals surface area contributed by atoms with E-state index in [1.165, 1.54) is 10.4 Å². The number of aryl methyl sites for hydroxylation is 1. The fraction of sp³-hybridized carbons (Fsp3) is 0.385. The average Bonchev–Trinajstić information content (AvgIpc) is 2.86. The van der Waals surface area contributed by atoms with Gasteiger partial charge < -0.3 is 0 Å². The molecule has 1 aromatic carbocycles. The van der Waals surface area contributed by atoms with Crippen LogP contribution in [0, 0.1) is 0 Å². The number of hydrogen-bond donors (Lipinski definition) is 1. The van der Waals surface area contributed by atoms with Crippen LogP contribution in [0.5, 0.6) is 0 Å². The Kier molecular flexibility index (Phi) is 3.89. The second-order valence-corrected chi connectivity index (χ2v) is 4.53. The Morgan fingerprint density at radius 1 is 1.32 bits per heavy atom. The average molecular weight is 259 g/mol. The van der Waals surface area contributed by atoms with Gasteiger partial charge in [-0.15, -0.1) is 5.10 Å². The summed E-state index contributed by atoms with van der Waals surface area (Å²) < 4.78 is 0. The minimum Gasteiger partial charge on any atom is -0.288 e. The van der Waals surface area contributed by atoms with Crippen molar-refractivity contribution >= 4 is 11.9 Å². The van der Waals surface area contributed by atoms with Gasteiger partial charge in [0.2, 0.25) is 0 Å². The third-order valence-electron chi connectivity index (χ3n) is 2.80. The minimum absolute atomic E-state index is 0.222. The van der Waals surface area contributed by atoms with Crippen molar-refractivity contribution < 1.29 is 4.79 Å². The Hall–Kier alpha value is -2.24. The quantitative estimate of drug-likeness (QED) is 0.912. The van der Waals surface area contributed by atoms with E-state index in [9.17, 15) is 4.79 Å². The summed E-state index contributed by atoms with van der Waals surface area (Å²) in [7, 11) is 0. The second kappa shape index (κ2) is 5.60. The highest BCUT2D eigenvalue weighted by molar-refractivity contribution is 6.03. The Balaban J connectivity index is 2.07. The molecule has 0 bridgehead atoms. The summed E-state index contributed by atoms with van der Waals surface area (Å²) in [5, 5.41) is 14.1. The number of carbonyl (C=O) groups is 1. The number of benzene rings is 1. The van der Waals surface area contributed by atoms with Gasteiger partial charge in [-0.25, -0.2) is 0 Å². The Labute approximate surface area is 111 Å². The molecule has 1 amide bonds. The van der Waals surface area contributed by atoms with Crippen LogP contribution in [0.15, 0.2) is 24.3 Å². The zero-order valence-corrected chi connectivity index (χ0v) is 11.3. The molecule has 0 fully saturated rings. The molecule has 0 aliphatic rings. The molecular weight excluding hydrogens is 242 g/mol. The number of nitrogens with one attached hydrogen (secondary N) is 1. The largest absolute Gasteiger partial charge is 0.288 e. The molecular formula is C13H17N5O. The van der Waals surface area contributed by atoms with Crippen LogP contribution in [0.3, 0.4) is 0 Å². The predicted octanol–water partition coefficient (Wildman–Crippen LogP) is 2.07. The molecule has 0 aliphatic carbocycles. The van der Waals surface area contributed by atoms with Gasteiger partial charge in [-0.2, -0.15) is 4.80 Å². The maximum Gasteiger partial charge on any atom is 0.270 e. The third-order valence-corrected chi connectivity index (χ3v) is 2.80. The van der Waals surface area contributed by atoms with E-state index >= 15 is 0 Å². The van der Waals surface area contributed by atoms with Gasteiger partial charge in [0.25, 0.3) is 11.9 Å². The molecule has 6 nitrogen and oxygen atoms in total. The molecule has 19 heavy (non-hydrogen) atoms. The monoisotopic (exact) mass is 259 g/mol. The lowest BCUT2D eigenvalue weighted by Gasteiger charge is -2.06. The number of anilines is 1. The van der Waals surface area contributed by atoms with Crippen LogP contribution in [0.2, 0.25) is 0 Å². The van der Waals surface area contributed by atoms with Gasteiger partial charge in [0.15, 0.2) is 0 Å². The Bertz CT molecular complexity index is 559. The molecule has 1 heterocycles. The van der Waals surface area contributed by atoms with Gasteiger partial charge >= 0.3 is 0 Å². The normalized spacial score (nSPS) is 10.7. The van der Waals surface area contributed by atoms with Crippen molar-refractivity contribution in [3.8, 4) is 0 Å². The van der Waals surface area contributed by atoms with E-state index in [-0.39, 0.29) is 11.9 Å². The lowest BCUT2D eigenvalue weighted by molar-refractivity contribution is 0.102. The first-order valence-electron chi connectivity index (χ1n) is 6.29. The topological polar surface area (TPSA) is 72.7 Å². The van der Waals surface area contributed by atoms with Gasteiger partial charge in [0, 0.05) is 5.56 Å². The van der Waals surface area contributed by atoms with Crippen molar-refractivity contribution in [2.75, 3.05) is 5.32 Å². The molecule has 0 atom stereocenters. The van der Waals surface area contributed by atoms with Crippen molar-refractivity contribution in [3.05, 3.63) is 35.4 Å². The number of nitrogens with zero attached hydrogens (tertiary/aromatic N) is 4. The van der Waals surface area contributed by atoms with Crippen LogP contribution in [0.1, 0.15) is 42.6 Å². The van der Waals surface area contributed by atoms with Crippen molar-refractivity contribution in [2.45, 2.75) is 33.2 Å². The Morgan fingerprint density at radius 2 is 2.00 bits per heavy atom. The zero-order valence-electron chi connectivity index (χ0n) is 11.3. The fourth-order valence-corrected chi connectivity index (χ4v) is 1.62. The van der Waals surface area contributed by atoms with E-state index in [1.54, 1.807) is 12.1 Å². The highest BCUT2D eigenvalue weighted by atomic mass is 16.1. The number of tetrazole rings is 1.